The summed E-state index contributed by atoms with van der Waals surface area (Å²) in [5.74, 6) is -0.319. The van der Waals surface area contributed by atoms with Crippen molar-refractivity contribution in [2.75, 3.05) is 23.3 Å². The van der Waals surface area contributed by atoms with Crippen LogP contribution in [0.1, 0.15) is 32.4 Å². The molecule has 1 amide bonds. The van der Waals surface area contributed by atoms with Crippen molar-refractivity contribution >= 4 is 17.3 Å². The van der Waals surface area contributed by atoms with Gasteiger partial charge in [-0.15, -0.1) is 0 Å². The number of pyridine rings is 2. The van der Waals surface area contributed by atoms with Crippen LogP contribution in [0.15, 0.2) is 41.5 Å². The zero-order chi connectivity index (χ0) is 19.4. The Morgan fingerprint density at radius 3 is 2.63 bits per heavy atom. The third kappa shape index (κ3) is 4.73. The van der Waals surface area contributed by atoms with Gasteiger partial charge in [0.2, 0.25) is 5.91 Å². The van der Waals surface area contributed by atoms with Gasteiger partial charge in [-0.3, -0.25) is 9.59 Å². The molecule has 1 fully saturated rings. The summed E-state index contributed by atoms with van der Waals surface area (Å²) in [5, 5.41) is 11.5. The maximum Gasteiger partial charge on any atom is 0.251 e. The molecule has 7 nitrogen and oxygen atoms in total. The number of nitrogens with one attached hydrogen (secondary N) is 1. The first-order valence-corrected chi connectivity index (χ1v) is 8.98. The summed E-state index contributed by atoms with van der Waals surface area (Å²) in [4.78, 5) is 30.6. The van der Waals surface area contributed by atoms with E-state index >= 15 is 0 Å². The van der Waals surface area contributed by atoms with Crippen LogP contribution in [-0.4, -0.2) is 28.5 Å². The number of aromatic nitrogens is 2. The van der Waals surface area contributed by atoms with E-state index in [1.807, 2.05) is 12.1 Å². The van der Waals surface area contributed by atoms with Gasteiger partial charge in [-0.25, -0.2) is 4.98 Å². The Balaban J connectivity index is 1.68. The number of nitriles is 1. The molecule has 1 saturated heterocycles. The fourth-order valence-electron chi connectivity index (χ4n) is 3.09. The third-order valence-electron chi connectivity index (χ3n) is 4.93. The van der Waals surface area contributed by atoms with Gasteiger partial charge in [0.05, 0.1) is 17.6 Å². The Morgan fingerprint density at radius 2 is 2.00 bits per heavy atom. The second kappa shape index (κ2) is 7.62. The Kier molecular flexibility index (Phi) is 5.26. The van der Waals surface area contributed by atoms with Gasteiger partial charge in [-0.2, -0.15) is 5.26 Å². The van der Waals surface area contributed by atoms with Crippen molar-refractivity contribution in [1.29, 1.82) is 5.26 Å². The first-order chi connectivity index (χ1) is 12.9. The minimum Gasteiger partial charge on any atom is -0.370 e. The smallest absolute Gasteiger partial charge is 0.251 e. The summed E-state index contributed by atoms with van der Waals surface area (Å²) in [6.07, 6.45) is 5.36. The zero-order valence-electron chi connectivity index (χ0n) is 15.6. The highest BCUT2D eigenvalue weighted by Gasteiger charge is 2.25. The number of rotatable bonds is 4. The lowest BCUT2D eigenvalue weighted by molar-refractivity contribution is -0.116. The molecular formula is C20H23N5O2. The average molecular weight is 365 g/mol. The number of amides is 1. The van der Waals surface area contributed by atoms with Crippen LogP contribution in [-0.2, 0) is 11.3 Å². The molecule has 3 rings (SSSR count). The molecule has 0 saturated carbocycles. The molecule has 0 spiro atoms. The van der Waals surface area contributed by atoms with E-state index in [9.17, 15) is 9.59 Å². The Bertz CT molecular complexity index is 915. The molecule has 7 heteroatoms. The van der Waals surface area contributed by atoms with Crippen LogP contribution in [0.5, 0.6) is 0 Å². The normalized spacial score (nSPS) is 15.8. The number of hydrogen-bond donors (Lipinski definition) is 1. The molecule has 0 radical (unpaired) electrons. The summed E-state index contributed by atoms with van der Waals surface area (Å²) >= 11 is 0. The molecule has 2 aromatic heterocycles. The van der Waals surface area contributed by atoms with E-state index in [0.717, 1.165) is 31.6 Å². The van der Waals surface area contributed by atoms with Gasteiger partial charge in [0.25, 0.3) is 5.56 Å². The molecule has 0 unspecified atom stereocenters. The maximum absolute atomic E-state index is 12.3. The molecule has 2 aromatic rings. The number of nitrogens with zero attached hydrogens (tertiary/aromatic N) is 4. The van der Waals surface area contributed by atoms with E-state index in [0.29, 0.717) is 11.1 Å². The van der Waals surface area contributed by atoms with E-state index in [1.54, 1.807) is 12.3 Å². The highest BCUT2D eigenvalue weighted by Crippen LogP contribution is 2.31. The Labute approximate surface area is 158 Å². The van der Waals surface area contributed by atoms with Gasteiger partial charge in [-0.1, -0.05) is 13.8 Å². The molecule has 1 N–H and O–H groups in total. The fraction of sp³-hybridized carbons (Fsp3) is 0.400. The number of anilines is 2. The topological polar surface area (TPSA) is 91.0 Å². The predicted octanol–water partition coefficient (Wildman–Crippen LogP) is 2.38. The fourth-order valence-corrected chi connectivity index (χ4v) is 3.09. The minimum absolute atomic E-state index is 0.0774. The van der Waals surface area contributed by atoms with Gasteiger partial charge < -0.3 is 14.8 Å². The van der Waals surface area contributed by atoms with Crippen LogP contribution < -0.4 is 15.8 Å². The molecule has 0 aromatic carbocycles. The van der Waals surface area contributed by atoms with Crippen molar-refractivity contribution in [3.8, 4) is 6.07 Å². The third-order valence-corrected chi connectivity index (χ3v) is 4.93. The summed E-state index contributed by atoms with van der Waals surface area (Å²) in [6, 6.07) is 8.39. The maximum atomic E-state index is 12.3. The van der Waals surface area contributed by atoms with E-state index in [4.69, 9.17) is 5.26 Å². The lowest BCUT2D eigenvalue weighted by atomic mass is 9.82. The summed E-state index contributed by atoms with van der Waals surface area (Å²) < 4.78 is 1.42. The van der Waals surface area contributed by atoms with Gasteiger partial charge >= 0.3 is 0 Å². The van der Waals surface area contributed by atoms with E-state index in [2.05, 4.69) is 29.0 Å². The van der Waals surface area contributed by atoms with Crippen molar-refractivity contribution in [3.63, 3.8) is 0 Å². The van der Waals surface area contributed by atoms with Crippen LogP contribution in [0.25, 0.3) is 0 Å². The second-order valence-corrected chi connectivity index (χ2v) is 7.60. The van der Waals surface area contributed by atoms with Crippen LogP contribution in [0.3, 0.4) is 0 Å². The lowest BCUT2D eigenvalue weighted by Crippen LogP contribution is -2.38. The Hall–Kier alpha value is -3.14. The summed E-state index contributed by atoms with van der Waals surface area (Å²) in [7, 11) is 0. The van der Waals surface area contributed by atoms with Gasteiger partial charge in [0, 0.05) is 25.4 Å². The van der Waals surface area contributed by atoms with Crippen molar-refractivity contribution < 1.29 is 4.79 Å². The molecule has 0 atom stereocenters. The quantitative estimate of drug-likeness (QED) is 0.898. The van der Waals surface area contributed by atoms with Gasteiger partial charge in [0.1, 0.15) is 18.3 Å². The zero-order valence-corrected chi connectivity index (χ0v) is 15.6. The summed E-state index contributed by atoms with van der Waals surface area (Å²) in [6.45, 7) is 6.34. The molecule has 1 aliphatic heterocycles. The summed E-state index contributed by atoms with van der Waals surface area (Å²) in [5.41, 5.74) is 1.85. The molecule has 140 valence electrons. The van der Waals surface area contributed by atoms with E-state index in [-0.39, 0.29) is 23.7 Å². The molecule has 1 aliphatic rings. The van der Waals surface area contributed by atoms with Crippen molar-refractivity contribution in [3.05, 3.63) is 52.7 Å². The first kappa shape index (κ1) is 18.6. The van der Waals surface area contributed by atoms with Crippen LogP contribution in [0.4, 0.5) is 11.4 Å². The van der Waals surface area contributed by atoms with E-state index in [1.165, 1.54) is 22.9 Å². The molecule has 3 heterocycles. The number of piperidine rings is 1. The monoisotopic (exact) mass is 365 g/mol. The van der Waals surface area contributed by atoms with Crippen LogP contribution >= 0.6 is 0 Å². The molecule has 0 bridgehead atoms. The van der Waals surface area contributed by atoms with E-state index < -0.39 is 0 Å². The van der Waals surface area contributed by atoms with Gasteiger partial charge in [0.15, 0.2) is 0 Å². The number of carbonyl (C=O) groups is 1. The van der Waals surface area contributed by atoms with Crippen molar-refractivity contribution in [2.45, 2.75) is 33.2 Å². The SMILES string of the molecule is CC1(C)CCN(c2ccc(=O)n(CC(=O)Nc3ccc(C#N)nc3)c2)CC1. The standard InChI is InChI=1S/C20H23N5O2/c1-20(2)7-9-24(10-8-20)17-5-6-19(27)25(13-17)14-18(26)23-16-4-3-15(11-21)22-12-16/h3-6,12-13H,7-10,14H2,1-2H3,(H,23,26). The van der Waals surface area contributed by atoms with Crippen LogP contribution in [0.2, 0.25) is 0 Å². The predicted molar refractivity (Wildman–Crippen MR) is 104 cm³/mol. The Morgan fingerprint density at radius 1 is 1.26 bits per heavy atom. The highest BCUT2D eigenvalue weighted by atomic mass is 16.2. The van der Waals surface area contributed by atoms with Crippen molar-refractivity contribution in [2.24, 2.45) is 5.41 Å². The largest absolute Gasteiger partial charge is 0.370 e. The number of carbonyl (C=O) groups excluding carboxylic acids is 1. The average Bonchev–Trinajstić information content (AvgIpc) is 2.64. The molecule has 27 heavy (non-hydrogen) atoms. The molecular weight excluding hydrogens is 342 g/mol. The van der Waals surface area contributed by atoms with Gasteiger partial charge in [-0.05, 0) is 36.5 Å². The number of hydrogen-bond acceptors (Lipinski definition) is 5. The highest BCUT2D eigenvalue weighted by molar-refractivity contribution is 5.90. The lowest BCUT2D eigenvalue weighted by Gasteiger charge is -2.38. The second-order valence-electron chi connectivity index (χ2n) is 7.60. The van der Waals surface area contributed by atoms with Crippen molar-refractivity contribution in [1.82, 2.24) is 9.55 Å². The molecule has 0 aliphatic carbocycles. The van der Waals surface area contributed by atoms with Crippen LogP contribution in [0, 0.1) is 16.7 Å². The first-order valence-electron chi connectivity index (χ1n) is 8.98. The minimum atomic E-state index is -0.319.